The molecule has 2 fully saturated rings. The molecular formula is C20H32O3P2. The fraction of sp³-hybridized carbons (Fsp3) is 0.800. The van der Waals surface area contributed by atoms with Crippen molar-refractivity contribution in [2.45, 2.75) is 64.8 Å². The summed E-state index contributed by atoms with van der Waals surface area (Å²) in [6, 6.07) is 0. The predicted octanol–water partition coefficient (Wildman–Crippen LogP) is 4.29. The number of fused-ring (bicyclic) bond motifs is 5. The van der Waals surface area contributed by atoms with E-state index >= 15 is 0 Å². The van der Waals surface area contributed by atoms with E-state index in [2.05, 4.69) is 58.8 Å². The highest BCUT2D eigenvalue weighted by Gasteiger charge is 2.73. The molecule has 4 aliphatic rings. The number of aliphatic hydroxyl groups is 1. The molecule has 0 spiro atoms. The Morgan fingerprint density at radius 1 is 1.16 bits per heavy atom. The molecule has 3 nitrogen and oxygen atoms in total. The summed E-state index contributed by atoms with van der Waals surface area (Å²) < 4.78 is 12.4. The lowest BCUT2D eigenvalue weighted by atomic mass is 9.62. The standard InChI is InChI=1S/C20H32O3P2/c1-10-6-12-8-19(5,21)9-14(12)20(23-25)11(2)7-13-15(18(13,3)4)16(20)17(10)22-24/h6,9-11,13,15-17,21H,7-8,24-25H2,1-5H3/t10-,11-,13-,15+,16-,17-,19+,20+/m1/s1. The van der Waals surface area contributed by atoms with Crippen molar-refractivity contribution >= 4 is 18.9 Å². The third-order valence-electron chi connectivity index (χ3n) is 7.82. The summed E-state index contributed by atoms with van der Waals surface area (Å²) in [6.45, 7) is 11.3. The van der Waals surface area contributed by atoms with E-state index in [0.717, 1.165) is 5.92 Å². The summed E-state index contributed by atoms with van der Waals surface area (Å²) in [7, 11) is 5.08. The summed E-state index contributed by atoms with van der Waals surface area (Å²) in [5, 5.41) is 10.8. The predicted molar refractivity (Wildman–Crippen MR) is 107 cm³/mol. The van der Waals surface area contributed by atoms with Gasteiger partial charge in [0.05, 0.1) is 11.7 Å². The second kappa shape index (κ2) is 5.62. The van der Waals surface area contributed by atoms with E-state index in [4.69, 9.17) is 9.05 Å². The van der Waals surface area contributed by atoms with E-state index in [0.29, 0.717) is 29.6 Å². The van der Waals surface area contributed by atoms with Gasteiger partial charge in [-0.2, -0.15) is 0 Å². The van der Waals surface area contributed by atoms with Gasteiger partial charge >= 0.3 is 0 Å². The fourth-order valence-electron chi connectivity index (χ4n) is 6.65. The third kappa shape index (κ3) is 2.36. The van der Waals surface area contributed by atoms with Crippen molar-refractivity contribution < 1.29 is 14.2 Å². The molecule has 4 aliphatic carbocycles. The first kappa shape index (κ1) is 18.6. The molecule has 0 aliphatic heterocycles. The highest BCUT2D eigenvalue weighted by molar-refractivity contribution is 7.10. The summed E-state index contributed by atoms with van der Waals surface area (Å²) in [6.07, 6.45) is 6.34. The van der Waals surface area contributed by atoms with E-state index in [-0.39, 0.29) is 12.0 Å². The van der Waals surface area contributed by atoms with Crippen molar-refractivity contribution in [1.82, 2.24) is 0 Å². The van der Waals surface area contributed by atoms with E-state index in [1.165, 1.54) is 17.6 Å². The smallest absolute Gasteiger partial charge is 0.105 e. The molecule has 0 radical (unpaired) electrons. The van der Waals surface area contributed by atoms with Crippen LogP contribution in [0.2, 0.25) is 0 Å². The first-order valence-corrected chi connectivity index (χ1v) is 10.4. The maximum absolute atomic E-state index is 10.8. The molecule has 0 saturated heterocycles. The van der Waals surface area contributed by atoms with E-state index < -0.39 is 11.2 Å². The van der Waals surface area contributed by atoms with Gasteiger partial charge in [-0.25, -0.2) is 0 Å². The Hall–Kier alpha value is 0.220. The van der Waals surface area contributed by atoms with Crippen molar-refractivity contribution in [2.75, 3.05) is 0 Å². The Balaban J connectivity index is 1.94. The van der Waals surface area contributed by atoms with Crippen molar-refractivity contribution in [3.05, 3.63) is 23.3 Å². The Morgan fingerprint density at radius 2 is 1.84 bits per heavy atom. The number of hydrogen-bond donors (Lipinski definition) is 1. The lowest BCUT2D eigenvalue weighted by Crippen LogP contribution is -2.55. The normalized spacial score (nSPS) is 53.1. The lowest BCUT2D eigenvalue weighted by Gasteiger charge is -2.50. The average molecular weight is 382 g/mol. The average Bonchev–Trinajstić information content (AvgIpc) is 2.92. The second-order valence-electron chi connectivity index (χ2n) is 9.77. The molecule has 0 aromatic carbocycles. The first-order chi connectivity index (χ1) is 11.6. The Labute approximate surface area is 156 Å². The molecule has 2 saturated carbocycles. The van der Waals surface area contributed by atoms with Crippen LogP contribution in [-0.2, 0) is 9.05 Å². The van der Waals surface area contributed by atoms with Gasteiger partial charge in [0, 0.05) is 37.2 Å². The van der Waals surface area contributed by atoms with Gasteiger partial charge in [-0.15, -0.1) is 0 Å². The highest BCUT2D eigenvalue weighted by Crippen LogP contribution is 2.74. The van der Waals surface area contributed by atoms with Crippen molar-refractivity contribution in [3.8, 4) is 0 Å². The Kier molecular flexibility index (Phi) is 4.17. The molecule has 10 atom stereocenters. The summed E-state index contributed by atoms with van der Waals surface area (Å²) in [5.74, 6) is 2.29. The van der Waals surface area contributed by atoms with Crippen LogP contribution in [0, 0.1) is 35.0 Å². The van der Waals surface area contributed by atoms with Crippen LogP contribution in [0.25, 0.3) is 0 Å². The van der Waals surface area contributed by atoms with Crippen LogP contribution in [0.15, 0.2) is 23.3 Å². The van der Waals surface area contributed by atoms with Crippen molar-refractivity contribution in [3.63, 3.8) is 0 Å². The SMILES string of the molecule is C[C@@H]1C=C2C[C@](C)(O)C=C2[C@]2(OP)[C@@H]([C@@H]1OP)[C@@H]1[C@@H](C[C@H]2C)C1(C)C. The third-order valence-corrected chi connectivity index (χ3v) is 8.52. The molecule has 4 rings (SSSR count). The molecule has 0 aromatic rings. The Morgan fingerprint density at radius 3 is 2.44 bits per heavy atom. The summed E-state index contributed by atoms with van der Waals surface area (Å²) in [5.41, 5.74) is 1.60. The first-order valence-electron chi connectivity index (χ1n) is 9.50. The van der Waals surface area contributed by atoms with Crippen LogP contribution in [0.5, 0.6) is 0 Å². The molecule has 0 amide bonds. The molecular weight excluding hydrogens is 350 g/mol. The number of rotatable bonds is 2. The van der Waals surface area contributed by atoms with E-state index in [1.807, 2.05) is 6.92 Å². The molecule has 0 heterocycles. The minimum Gasteiger partial charge on any atom is -0.386 e. The quantitative estimate of drug-likeness (QED) is 0.724. The Bertz CT molecular complexity index is 653. The van der Waals surface area contributed by atoms with Crippen LogP contribution in [0.4, 0.5) is 0 Å². The molecule has 5 heteroatoms. The fourth-order valence-corrected chi connectivity index (χ4v) is 7.58. The van der Waals surface area contributed by atoms with Gasteiger partial charge in [-0.3, -0.25) is 0 Å². The highest BCUT2D eigenvalue weighted by atomic mass is 31.0. The van der Waals surface area contributed by atoms with Gasteiger partial charge in [0.15, 0.2) is 0 Å². The van der Waals surface area contributed by atoms with Gasteiger partial charge in [0.1, 0.15) is 5.60 Å². The molecule has 0 aromatic heterocycles. The molecule has 1 N–H and O–H groups in total. The van der Waals surface area contributed by atoms with Crippen LogP contribution >= 0.6 is 18.9 Å². The van der Waals surface area contributed by atoms with Gasteiger partial charge in [-0.1, -0.05) is 33.8 Å². The van der Waals surface area contributed by atoms with E-state index in [9.17, 15) is 5.11 Å². The van der Waals surface area contributed by atoms with Crippen molar-refractivity contribution in [1.29, 1.82) is 0 Å². The van der Waals surface area contributed by atoms with Crippen LogP contribution in [-0.4, -0.2) is 22.4 Å². The van der Waals surface area contributed by atoms with Crippen LogP contribution in [0.1, 0.15) is 47.5 Å². The lowest BCUT2D eigenvalue weighted by molar-refractivity contribution is -0.0766. The zero-order chi connectivity index (χ0) is 18.4. The molecule has 25 heavy (non-hydrogen) atoms. The van der Waals surface area contributed by atoms with Gasteiger partial charge < -0.3 is 14.2 Å². The van der Waals surface area contributed by atoms with Gasteiger partial charge in [0.2, 0.25) is 0 Å². The van der Waals surface area contributed by atoms with Gasteiger partial charge in [0.25, 0.3) is 0 Å². The van der Waals surface area contributed by atoms with Crippen LogP contribution < -0.4 is 0 Å². The second-order valence-corrected chi connectivity index (χ2v) is 10.3. The minimum atomic E-state index is -0.786. The zero-order valence-electron chi connectivity index (χ0n) is 16.0. The van der Waals surface area contributed by atoms with Gasteiger partial charge in [-0.05, 0) is 53.7 Å². The van der Waals surface area contributed by atoms with Crippen LogP contribution in [0.3, 0.4) is 0 Å². The zero-order valence-corrected chi connectivity index (χ0v) is 18.3. The topological polar surface area (TPSA) is 38.7 Å². The van der Waals surface area contributed by atoms with E-state index in [1.54, 1.807) is 0 Å². The number of hydrogen-bond acceptors (Lipinski definition) is 3. The molecule has 2 unspecified atom stereocenters. The monoisotopic (exact) mass is 382 g/mol. The minimum absolute atomic E-state index is 0.103. The largest absolute Gasteiger partial charge is 0.386 e. The maximum Gasteiger partial charge on any atom is 0.105 e. The van der Waals surface area contributed by atoms with Crippen molar-refractivity contribution in [2.24, 2.45) is 35.0 Å². The molecule has 0 bridgehead atoms. The summed E-state index contributed by atoms with van der Waals surface area (Å²) >= 11 is 0. The molecule has 140 valence electrons. The summed E-state index contributed by atoms with van der Waals surface area (Å²) in [4.78, 5) is 0. The maximum atomic E-state index is 10.8.